The van der Waals surface area contributed by atoms with E-state index in [9.17, 15) is 0 Å². The van der Waals surface area contributed by atoms with Gasteiger partial charge in [0.15, 0.2) is 17.0 Å². The van der Waals surface area contributed by atoms with E-state index in [0.29, 0.717) is 24.9 Å². The Morgan fingerprint density at radius 2 is 1.79 bits per heavy atom. The number of hydrogen-bond acceptors (Lipinski definition) is 7. The number of hydrogen-bond donors (Lipinski definition) is 2. The summed E-state index contributed by atoms with van der Waals surface area (Å²) in [7, 11) is 0. The van der Waals surface area contributed by atoms with E-state index in [1.54, 1.807) is 18.9 Å². The molecule has 0 bridgehead atoms. The van der Waals surface area contributed by atoms with E-state index in [-0.39, 0.29) is 6.04 Å². The van der Waals surface area contributed by atoms with E-state index < -0.39 is 0 Å². The fourth-order valence-electron chi connectivity index (χ4n) is 3.59. The van der Waals surface area contributed by atoms with Gasteiger partial charge in [0.25, 0.3) is 0 Å². The van der Waals surface area contributed by atoms with Gasteiger partial charge < -0.3 is 24.5 Å². The number of aromatic nitrogens is 6. The SMILES string of the molecule is CC(C)n1cnc2c(NCCOc3ccccc3)nc(Nc3ccc(-n4ccnc4)cc3)nc21. The predicted molar refractivity (Wildman–Crippen MR) is 133 cm³/mol. The number of benzene rings is 2. The normalized spacial score (nSPS) is 11.1. The summed E-state index contributed by atoms with van der Waals surface area (Å²) in [4.78, 5) is 18.1. The van der Waals surface area contributed by atoms with E-state index in [4.69, 9.17) is 14.7 Å². The average Bonchev–Trinajstić information content (AvgIpc) is 3.53. The third-order valence-electron chi connectivity index (χ3n) is 5.31. The quantitative estimate of drug-likeness (QED) is 0.308. The molecule has 0 aliphatic carbocycles. The van der Waals surface area contributed by atoms with Crippen molar-refractivity contribution in [2.24, 2.45) is 0 Å². The second-order valence-corrected chi connectivity index (χ2v) is 8.04. The average molecular weight is 455 g/mol. The zero-order valence-corrected chi connectivity index (χ0v) is 19.1. The Kier molecular flexibility index (Phi) is 6.07. The molecule has 0 radical (unpaired) electrons. The Hall–Kier alpha value is -4.40. The lowest BCUT2D eigenvalue weighted by atomic mass is 10.3. The van der Waals surface area contributed by atoms with Crippen LogP contribution in [-0.2, 0) is 0 Å². The summed E-state index contributed by atoms with van der Waals surface area (Å²) in [5.41, 5.74) is 3.42. The molecule has 172 valence electrons. The highest BCUT2D eigenvalue weighted by Crippen LogP contribution is 2.25. The summed E-state index contributed by atoms with van der Waals surface area (Å²) in [5, 5.41) is 6.68. The van der Waals surface area contributed by atoms with Gasteiger partial charge in [-0.3, -0.25) is 0 Å². The van der Waals surface area contributed by atoms with Crippen molar-refractivity contribution in [1.29, 1.82) is 0 Å². The molecule has 5 rings (SSSR count). The van der Waals surface area contributed by atoms with Gasteiger partial charge in [-0.1, -0.05) is 18.2 Å². The van der Waals surface area contributed by atoms with Crippen molar-refractivity contribution in [3.8, 4) is 11.4 Å². The van der Waals surface area contributed by atoms with Gasteiger partial charge in [-0.05, 0) is 50.2 Å². The molecule has 3 aromatic heterocycles. The first-order valence-corrected chi connectivity index (χ1v) is 11.2. The van der Waals surface area contributed by atoms with Gasteiger partial charge in [-0.15, -0.1) is 0 Å². The molecule has 0 aliphatic heterocycles. The van der Waals surface area contributed by atoms with E-state index >= 15 is 0 Å². The molecule has 0 saturated heterocycles. The molecule has 0 unspecified atom stereocenters. The summed E-state index contributed by atoms with van der Waals surface area (Å²) in [6.45, 7) is 5.28. The number of fused-ring (bicyclic) bond motifs is 1. The molecule has 9 nitrogen and oxygen atoms in total. The highest BCUT2D eigenvalue weighted by Gasteiger charge is 2.15. The first-order chi connectivity index (χ1) is 16.7. The second-order valence-electron chi connectivity index (χ2n) is 8.04. The molecule has 0 amide bonds. The molecule has 5 aromatic rings. The van der Waals surface area contributed by atoms with Crippen molar-refractivity contribution >= 4 is 28.6 Å². The smallest absolute Gasteiger partial charge is 0.231 e. The molecular formula is C25H26N8O. The fraction of sp³-hybridized carbons (Fsp3) is 0.200. The molecule has 0 fully saturated rings. The number of imidazole rings is 2. The summed E-state index contributed by atoms with van der Waals surface area (Å²) >= 11 is 0. The van der Waals surface area contributed by atoms with Crippen LogP contribution in [0.1, 0.15) is 19.9 Å². The predicted octanol–water partition coefficient (Wildman–Crippen LogP) is 4.83. The van der Waals surface area contributed by atoms with Crippen LogP contribution in [0.15, 0.2) is 79.6 Å². The minimum absolute atomic E-state index is 0.219. The monoisotopic (exact) mass is 454 g/mol. The number of anilines is 3. The molecular weight excluding hydrogens is 428 g/mol. The molecule has 9 heteroatoms. The van der Waals surface area contributed by atoms with Gasteiger partial charge in [0.05, 0.1) is 19.2 Å². The highest BCUT2D eigenvalue weighted by molar-refractivity contribution is 5.84. The molecule has 2 aromatic carbocycles. The van der Waals surface area contributed by atoms with Gasteiger partial charge in [-0.2, -0.15) is 9.97 Å². The van der Waals surface area contributed by atoms with Crippen LogP contribution in [0.5, 0.6) is 5.75 Å². The third kappa shape index (κ3) is 4.68. The Labute approximate surface area is 197 Å². The Morgan fingerprint density at radius 1 is 0.971 bits per heavy atom. The lowest BCUT2D eigenvalue weighted by Crippen LogP contribution is -2.14. The van der Waals surface area contributed by atoms with Crippen molar-refractivity contribution in [1.82, 2.24) is 29.1 Å². The van der Waals surface area contributed by atoms with Gasteiger partial charge in [-0.25, -0.2) is 9.97 Å². The van der Waals surface area contributed by atoms with Gasteiger partial charge >= 0.3 is 0 Å². The fourth-order valence-corrected chi connectivity index (χ4v) is 3.59. The summed E-state index contributed by atoms with van der Waals surface area (Å²) in [6, 6.07) is 18.0. The van der Waals surface area contributed by atoms with Crippen LogP contribution < -0.4 is 15.4 Å². The number of para-hydroxylation sites is 1. The Morgan fingerprint density at radius 3 is 2.53 bits per heavy atom. The van der Waals surface area contributed by atoms with Crippen LogP contribution in [0.3, 0.4) is 0 Å². The zero-order chi connectivity index (χ0) is 23.3. The lowest BCUT2D eigenvalue weighted by Gasteiger charge is -2.13. The topological polar surface area (TPSA) is 94.7 Å². The zero-order valence-electron chi connectivity index (χ0n) is 19.1. The maximum absolute atomic E-state index is 5.80. The van der Waals surface area contributed by atoms with Crippen LogP contribution in [0, 0.1) is 0 Å². The van der Waals surface area contributed by atoms with Crippen molar-refractivity contribution in [2.75, 3.05) is 23.8 Å². The van der Waals surface area contributed by atoms with E-state index in [0.717, 1.165) is 28.3 Å². The van der Waals surface area contributed by atoms with Crippen molar-refractivity contribution in [2.45, 2.75) is 19.9 Å². The number of nitrogens with zero attached hydrogens (tertiary/aromatic N) is 6. The largest absolute Gasteiger partial charge is 0.492 e. The Balaban J connectivity index is 1.36. The van der Waals surface area contributed by atoms with E-state index in [1.165, 1.54) is 0 Å². The first-order valence-electron chi connectivity index (χ1n) is 11.2. The summed E-state index contributed by atoms with van der Waals surface area (Å²) < 4.78 is 9.79. The highest BCUT2D eigenvalue weighted by atomic mass is 16.5. The van der Waals surface area contributed by atoms with Crippen molar-refractivity contribution in [3.05, 3.63) is 79.6 Å². The lowest BCUT2D eigenvalue weighted by molar-refractivity contribution is 0.333. The van der Waals surface area contributed by atoms with E-state index in [1.807, 2.05) is 69.9 Å². The molecule has 2 N–H and O–H groups in total. The minimum Gasteiger partial charge on any atom is -0.492 e. The first kappa shape index (κ1) is 21.4. The standard InChI is InChI=1S/C25H26N8O/c1-18(2)33-17-28-22-23(27-13-15-34-21-6-4-3-5-7-21)30-25(31-24(22)33)29-19-8-10-20(11-9-19)32-14-12-26-16-32/h3-12,14,16-18H,13,15H2,1-2H3,(H2,27,29,30,31). The van der Waals surface area contributed by atoms with Crippen molar-refractivity contribution in [3.63, 3.8) is 0 Å². The molecule has 0 atom stereocenters. The van der Waals surface area contributed by atoms with Crippen molar-refractivity contribution < 1.29 is 4.74 Å². The molecule has 3 heterocycles. The Bertz CT molecular complexity index is 1350. The maximum Gasteiger partial charge on any atom is 0.231 e. The van der Waals surface area contributed by atoms with Crippen LogP contribution in [0.25, 0.3) is 16.9 Å². The number of rotatable bonds is 9. The number of ether oxygens (including phenoxy) is 1. The summed E-state index contributed by atoms with van der Waals surface area (Å²) in [5.74, 6) is 2.00. The van der Waals surface area contributed by atoms with Crippen LogP contribution >= 0.6 is 0 Å². The van der Waals surface area contributed by atoms with Gasteiger partial charge in [0.1, 0.15) is 12.4 Å². The second kappa shape index (κ2) is 9.62. The molecule has 0 spiro atoms. The molecule has 34 heavy (non-hydrogen) atoms. The molecule has 0 saturated carbocycles. The van der Waals surface area contributed by atoms with Crippen LogP contribution in [0.4, 0.5) is 17.5 Å². The van der Waals surface area contributed by atoms with Gasteiger partial charge in [0.2, 0.25) is 5.95 Å². The van der Waals surface area contributed by atoms with E-state index in [2.05, 4.69) is 34.4 Å². The molecule has 0 aliphatic rings. The maximum atomic E-state index is 5.80. The third-order valence-corrected chi connectivity index (χ3v) is 5.31. The van der Waals surface area contributed by atoms with Gasteiger partial charge in [0, 0.05) is 29.8 Å². The minimum atomic E-state index is 0.219. The van der Waals surface area contributed by atoms with Crippen LogP contribution in [-0.4, -0.2) is 42.2 Å². The van der Waals surface area contributed by atoms with Crippen LogP contribution in [0.2, 0.25) is 0 Å². The number of nitrogens with one attached hydrogen (secondary N) is 2. The summed E-state index contributed by atoms with van der Waals surface area (Å²) in [6.07, 6.45) is 7.24.